The van der Waals surface area contributed by atoms with Gasteiger partial charge in [-0.25, -0.2) is 0 Å². The fraction of sp³-hybridized carbons (Fsp3) is 1.00. The summed E-state index contributed by atoms with van der Waals surface area (Å²) in [5.74, 6) is 0. The van der Waals surface area contributed by atoms with E-state index in [4.69, 9.17) is 0 Å². The van der Waals surface area contributed by atoms with Crippen LogP contribution >= 0.6 is 76.0 Å². The molecule has 0 atom stereocenters. The Labute approximate surface area is 410 Å². The summed E-state index contributed by atoms with van der Waals surface area (Å²) >= 11 is 0. The molecule has 474 valence electrons. The zero-order valence-corrected chi connectivity index (χ0v) is 47.6. The number of nitrogens with zero attached hydrogens (tertiary/aromatic N) is 3. The van der Waals surface area contributed by atoms with E-state index in [0.717, 1.165) is 0 Å². The molecule has 72 heavy (non-hydrogen) atoms. The molecule has 0 aromatic heterocycles. The SMILES string of the molecule is N.N.N.N.N.N.N.N.N.N.N.N.N.N.N.N.N.N.N.N.O=P(O)(O)C(N(CCN(C(P(=O)(O)O)P(=O)(O)O)C(P(=O)(O)O)P(=O)(O)O)CCN(C(P(=O)(O)O)P(=O)(O)O)C(P(=O)(O)O)P(=O)(O)O)P(=O)(O)O. The maximum Gasteiger partial charge on any atom is 0.355 e. The molecule has 0 spiro atoms. The monoisotopic (exact) mass is 1310 g/mol. The molecule has 0 unspecified atom stereocenters. The van der Waals surface area contributed by atoms with Crippen LogP contribution in [0, 0.1) is 0 Å². The third-order valence-corrected chi connectivity index (χ3v) is 23.9. The first-order valence-corrected chi connectivity index (χ1v) is 28.8. The third-order valence-electron chi connectivity index (χ3n) is 5.81. The Morgan fingerprint density at radius 3 is 0.375 bits per heavy atom. The van der Waals surface area contributed by atoms with Crippen LogP contribution in [0.2, 0.25) is 0 Å². The zero-order valence-electron chi connectivity index (χ0n) is 38.7. The summed E-state index contributed by atoms with van der Waals surface area (Å²) in [6.07, 6.45) is 0. The predicted octanol–water partition coefficient (Wildman–Crippen LogP) is -1.67. The molecular formula is C9H93N23O30P10. The molecule has 0 radical (unpaired) electrons. The number of hydrogen-bond acceptors (Lipinski definition) is 33. The standard InChI is InChI=1S/C9H33N3O30P10.20H3N/c13-43(14,15)5(44(16,17)18)10(1-3-11(6(45(19,20)21)46(22,23)24)7(47(25,26)27)48(28,29)30)2-4-12(8(49(31,32)33)50(34,35)36)9(51(37,38)39)52(40,41)42;;;;;;;;;;;;;;;;;;;;/h5-9H,1-4H2,(H2,13,14,15)(H2,16,17,18)(H2,19,20,21)(H2,22,23,24)(H2,25,26,27)(H2,28,29,30)(H2,31,32,33)(H2,34,35,36)(H2,37,38,39)(H2,40,41,42);20*1H3. The van der Waals surface area contributed by atoms with E-state index >= 15 is 0 Å². The van der Waals surface area contributed by atoms with Gasteiger partial charge >= 0.3 is 76.0 Å². The third kappa shape index (κ3) is 41.6. The second-order valence-corrected chi connectivity index (χ2v) is 28.8. The van der Waals surface area contributed by atoms with Crippen molar-refractivity contribution in [1.82, 2.24) is 138 Å². The van der Waals surface area contributed by atoms with Crippen LogP contribution in [-0.2, 0) is 45.7 Å². The summed E-state index contributed by atoms with van der Waals surface area (Å²) in [6, 6.07) is 0. The molecule has 0 aliphatic heterocycles. The topological polar surface area (TPSA) is 1290 Å². The first-order valence-electron chi connectivity index (χ1n) is 12.0. The number of rotatable bonds is 21. The predicted molar refractivity (Wildman–Crippen MR) is 265 cm³/mol. The van der Waals surface area contributed by atoms with Gasteiger partial charge in [-0.1, -0.05) is 0 Å². The van der Waals surface area contributed by atoms with Crippen LogP contribution in [-0.4, -0.2) is 166 Å². The lowest BCUT2D eigenvalue weighted by molar-refractivity contribution is 0.141. The Hall–Kier alpha value is 0.580. The van der Waals surface area contributed by atoms with Gasteiger partial charge in [0.1, 0.15) is 0 Å². The normalized spacial score (nSPS) is 11.4. The largest absolute Gasteiger partial charge is 0.355 e. The van der Waals surface area contributed by atoms with Crippen molar-refractivity contribution in [3.05, 3.63) is 0 Å². The van der Waals surface area contributed by atoms with Gasteiger partial charge in [0, 0.05) is 26.2 Å². The van der Waals surface area contributed by atoms with Crippen molar-refractivity contribution in [3.63, 3.8) is 0 Å². The van der Waals surface area contributed by atoms with E-state index in [0.29, 0.717) is 0 Å². The van der Waals surface area contributed by atoms with Crippen LogP contribution in [0.25, 0.3) is 0 Å². The minimum Gasteiger partial charge on any atom is -0.344 e. The second-order valence-electron chi connectivity index (χ2n) is 10.1. The lowest BCUT2D eigenvalue weighted by Crippen LogP contribution is -2.51. The van der Waals surface area contributed by atoms with Gasteiger partial charge in [-0.05, 0) is 0 Å². The highest BCUT2D eigenvalue weighted by molar-refractivity contribution is 7.73. The van der Waals surface area contributed by atoms with Crippen molar-refractivity contribution in [3.8, 4) is 0 Å². The van der Waals surface area contributed by atoms with Gasteiger partial charge in [-0.3, -0.25) is 60.4 Å². The van der Waals surface area contributed by atoms with Crippen molar-refractivity contribution >= 4 is 76.0 Å². The van der Waals surface area contributed by atoms with Crippen molar-refractivity contribution in [1.29, 1.82) is 0 Å². The van der Waals surface area contributed by atoms with Crippen LogP contribution in [0.15, 0.2) is 0 Å². The van der Waals surface area contributed by atoms with Crippen LogP contribution in [0.4, 0.5) is 0 Å². The molecule has 0 fully saturated rings. The Balaban J connectivity index is -0.0000000684. The van der Waals surface area contributed by atoms with Gasteiger partial charge < -0.3 is 221 Å². The van der Waals surface area contributed by atoms with Gasteiger partial charge in [0.25, 0.3) is 0 Å². The Morgan fingerprint density at radius 2 is 0.292 bits per heavy atom. The first kappa shape index (κ1) is 140. The van der Waals surface area contributed by atoms with E-state index in [2.05, 4.69) is 0 Å². The van der Waals surface area contributed by atoms with Gasteiger partial charge in [0.05, 0.1) is 0 Å². The van der Waals surface area contributed by atoms with Crippen molar-refractivity contribution in [2.45, 2.75) is 27.6 Å². The maximum absolute atomic E-state index is 12.3. The molecule has 0 bridgehead atoms. The molecule has 53 nitrogen and oxygen atoms in total. The first-order chi connectivity index (χ1) is 22.2. The van der Waals surface area contributed by atoms with Gasteiger partial charge in [0.2, 0.25) is 27.6 Å². The van der Waals surface area contributed by atoms with Crippen molar-refractivity contribution in [2.24, 2.45) is 0 Å². The highest BCUT2D eigenvalue weighted by Crippen LogP contribution is 2.70. The molecule has 0 saturated heterocycles. The quantitative estimate of drug-likeness (QED) is 0.0571. The molecular weight excluding hydrogens is 1220 g/mol. The lowest BCUT2D eigenvalue weighted by atomic mass is 10.4. The summed E-state index contributed by atoms with van der Waals surface area (Å²) in [5, 5.41) is 0. The fourth-order valence-electron chi connectivity index (χ4n) is 4.48. The molecule has 0 aromatic rings. The van der Waals surface area contributed by atoms with E-state index in [-0.39, 0.29) is 123 Å². The number of hydrogen-bond donors (Lipinski definition) is 40. The Bertz CT molecular complexity index is 1490. The lowest BCUT2D eigenvalue weighted by Gasteiger charge is -2.41. The minimum atomic E-state index is -6.63. The van der Waals surface area contributed by atoms with Gasteiger partial charge in [-0.2, -0.15) is 0 Å². The van der Waals surface area contributed by atoms with Gasteiger partial charge in [-0.15, -0.1) is 0 Å². The van der Waals surface area contributed by atoms with Crippen LogP contribution < -0.4 is 123 Å². The Morgan fingerprint density at radius 1 is 0.194 bits per heavy atom. The van der Waals surface area contributed by atoms with Crippen LogP contribution in [0.5, 0.6) is 0 Å². The Kier molecular flexibility index (Phi) is 88.2. The molecule has 0 saturated carbocycles. The molecule has 0 heterocycles. The average Bonchev–Trinajstić information content (AvgIpc) is 2.70. The fourth-order valence-corrected chi connectivity index (χ4v) is 19.6. The van der Waals surface area contributed by atoms with Crippen molar-refractivity contribution < 1.29 is 144 Å². The minimum absolute atomic E-state index is 0. The molecule has 0 amide bonds. The maximum atomic E-state index is 12.3. The highest BCUT2D eigenvalue weighted by atomic mass is 31.3. The summed E-state index contributed by atoms with van der Waals surface area (Å²) in [7, 11) is -66.1. The summed E-state index contributed by atoms with van der Waals surface area (Å²) < 4.78 is 121. The van der Waals surface area contributed by atoms with E-state index in [9.17, 15) is 144 Å². The van der Waals surface area contributed by atoms with E-state index in [1.807, 2.05) is 0 Å². The van der Waals surface area contributed by atoms with E-state index in [1.54, 1.807) is 0 Å². The highest BCUT2D eigenvalue weighted by Gasteiger charge is 2.61. The average molecular weight is 1310 g/mol. The molecule has 80 N–H and O–H groups in total. The van der Waals surface area contributed by atoms with Gasteiger partial charge in [0.15, 0.2) is 0 Å². The van der Waals surface area contributed by atoms with Crippen LogP contribution in [0.1, 0.15) is 0 Å². The zero-order chi connectivity index (χ0) is 42.4. The molecule has 63 heteroatoms. The molecule has 0 aliphatic carbocycles. The molecule has 0 aromatic carbocycles. The van der Waals surface area contributed by atoms with E-state index in [1.165, 1.54) is 0 Å². The summed E-state index contributed by atoms with van der Waals surface area (Å²) in [5.41, 5.74) is -19.9. The second kappa shape index (κ2) is 45.4. The summed E-state index contributed by atoms with van der Waals surface area (Å²) in [6.45, 7) is -8.57. The van der Waals surface area contributed by atoms with Crippen LogP contribution in [0.3, 0.4) is 0 Å². The van der Waals surface area contributed by atoms with Crippen molar-refractivity contribution in [2.75, 3.05) is 26.2 Å². The summed E-state index contributed by atoms with van der Waals surface area (Å²) in [4.78, 5) is 190. The molecule has 0 rings (SSSR count). The smallest absolute Gasteiger partial charge is 0.344 e. The molecule has 0 aliphatic rings. The van der Waals surface area contributed by atoms with E-state index < -0.39 is 144 Å².